The number of hydrogen-bond acceptors (Lipinski definition) is 5. The summed E-state index contributed by atoms with van der Waals surface area (Å²) in [6.07, 6.45) is 4.72. The summed E-state index contributed by atoms with van der Waals surface area (Å²) in [4.78, 5) is 42.9. The summed E-state index contributed by atoms with van der Waals surface area (Å²) in [7, 11) is -3.93. The Kier molecular flexibility index (Phi) is 4.99. The Morgan fingerprint density at radius 3 is 2.88 bits per heavy atom. The molecule has 2 aromatic heterocycles. The van der Waals surface area contributed by atoms with Crippen LogP contribution in [0.4, 0.5) is 5.82 Å². The van der Waals surface area contributed by atoms with Crippen LogP contribution in [0, 0.1) is 5.92 Å². The zero-order valence-electron chi connectivity index (χ0n) is 13.3. The van der Waals surface area contributed by atoms with Crippen molar-refractivity contribution >= 4 is 24.4 Å². The van der Waals surface area contributed by atoms with Crippen molar-refractivity contribution in [1.29, 1.82) is 0 Å². The van der Waals surface area contributed by atoms with Crippen LogP contribution in [0.3, 0.4) is 0 Å². The van der Waals surface area contributed by atoms with E-state index >= 15 is 0 Å². The Balaban J connectivity index is 1.75. The molecule has 3 N–H and O–H groups in total. The standard InChI is InChI=1S/C15H21N4O4P/c20-13-4-3-12-14(18-13)16-10-17-15(12)19-7-1-2-11(5-8-19)6-9-24(21,22)23/h3-4,10-11H,1-2,5-9H2,(H2,21,22,23)(H,16,17,18,20). The van der Waals surface area contributed by atoms with E-state index in [2.05, 4.69) is 19.9 Å². The summed E-state index contributed by atoms with van der Waals surface area (Å²) in [5.41, 5.74) is 0.329. The number of aromatic amines is 1. The van der Waals surface area contributed by atoms with Gasteiger partial charge in [-0.3, -0.25) is 9.36 Å². The Hall–Kier alpha value is -1.76. The summed E-state index contributed by atoms with van der Waals surface area (Å²) >= 11 is 0. The number of H-pyrrole nitrogens is 1. The van der Waals surface area contributed by atoms with Gasteiger partial charge in [0.2, 0.25) is 5.56 Å². The minimum Gasteiger partial charge on any atom is -0.356 e. The maximum absolute atomic E-state index is 11.4. The highest BCUT2D eigenvalue weighted by Gasteiger charge is 2.22. The van der Waals surface area contributed by atoms with Crippen molar-refractivity contribution in [3.8, 4) is 0 Å². The van der Waals surface area contributed by atoms with Gasteiger partial charge in [0.1, 0.15) is 17.8 Å². The van der Waals surface area contributed by atoms with Gasteiger partial charge in [-0.05, 0) is 37.7 Å². The Morgan fingerprint density at radius 2 is 2.08 bits per heavy atom. The molecule has 0 aliphatic carbocycles. The number of fused-ring (bicyclic) bond motifs is 1. The zero-order valence-corrected chi connectivity index (χ0v) is 14.2. The van der Waals surface area contributed by atoms with E-state index in [1.54, 1.807) is 6.07 Å². The fourth-order valence-electron chi connectivity index (χ4n) is 3.23. The van der Waals surface area contributed by atoms with Gasteiger partial charge in [0, 0.05) is 19.2 Å². The average molecular weight is 352 g/mol. The molecular formula is C15H21N4O4P. The van der Waals surface area contributed by atoms with E-state index < -0.39 is 7.60 Å². The fourth-order valence-corrected chi connectivity index (χ4v) is 3.93. The lowest BCUT2D eigenvalue weighted by Crippen LogP contribution is -2.26. The van der Waals surface area contributed by atoms with Crippen LogP contribution in [-0.2, 0) is 4.57 Å². The first-order valence-corrected chi connectivity index (χ1v) is 9.86. The van der Waals surface area contributed by atoms with Crippen molar-refractivity contribution in [2.75, 3.05) is 24.2 Å². The average Bonchev–Trinajstić information content (AvgIpc) is 2.77. The van der Waals surface area contributed by atoms with E-state index in [1.807, 2.05) is 0 Å². The molecule has 0 saturated carbocycles. The van der Waals surface area contributed by atoms with Gasteiger partial charge in [0.05, 0.1) is 11.5 Å². The van der Waals surface area contributed by atoms with Crippen LogP contribution in [0.15, 0.2) is 23.3 Å². The van der Waals surface area contributed by atoms with Gasteiger partial charge < -0.3 is 19.7 Å². The zero-order chi connectivity index (χ0) is 17.2. The molecule has 130 valence electrons. The third-order valence-electron chi connectivity index (χ3n) is 4.48. The van der Waals surface area contributed by atoms with Crippen LogP contribution in [-0.4, -0.2) is 44.0 Å². The summed E-state index contributed by atoms with van der Waals surface area (Å²) in [6.45, 7) is 1.61. The number of nitrogens with one attached hydrogen (secondary N) is 1. The molecule has 3 rings (SSSR count). The lowest BCUT2D eigenvalue weighted by atomic mass is 9.98. The van der Waals surface area contributed by atoms with E-state index in [0.717, 1.165) is 43.6 Å². The minimum absolute atomic E-state index is 0.0463. The van der Waals surface area contributed by atoms with Gasteiger partial charge in [-0.25, -0.2) is 9.97 Å². The first-order chi connectivity index (χ1) is 11.4. The maximum atomic E-state index is 11.4. The first kappa shape index (κ1) is 17.1. The third-order valence-corrected chi connectivity index (χ3v) is 5.32. The van der Waals surface area contributed by atoms with Gasteiger partial charge in [-0.15, -0.1) is 0 Å². The molecule has 0 spiro atoms. The normalized spacial score (nSPS) is 19.4. The molecular weight excluding hydrogens is 331 g/mol. The number of pyridine rings is 1. The van der Waals surface area contributed by atoms with E-state index in [9.17, 15) is 9.36 Å². The second kappa shape index (κ2) is 7.01. The minimum atomic E-state index is -3.93. The van der Waals surface area contributed by atoms with Crippen molar-refractivity contribution in [1.82, 2.24) is 15.0 Å². The summed E-state index contributed by atoms with van der Waals surface area (Å²) < 4.78 is 11.1. The highest BCUT2D eigenvalue weighted by atomic mass is 31.2. The lowest BCUT2D eigenvalue weighted by molar-refractivity contribution is 0.361. The van der Waals surface area contributed by atoms with Crippen LogP contribution in [0.2, 0.25) is 0 Å². The highest BCUT2D eigenvalue weighted by molar-refractivity contribution is 7.51. The molecule has 1 unspecified atom stereocenters. The molecule has 1 aliphatic rings. The lowest BCUT2D eigenvalue weighted by Gasteiger charge is -2.22. The molecule has 0 radical (unpaired) electrons. The van der Waals surface area contributed by atoms with Crippen LogP contribution < -0.4 is 10.5 Å². The van der Waals surface area contributed by atoms with Crippen molar-refractivity contribution in [3.05, 3.63) is 28.8 Å². The number of hydrogen-bond donors (Lipinski definition) is 3. The van der Waals surface area contributed by atoms with E-state index in [-0.39, 0.29) is 11.7 Å². The molecule has 3 heterocycles. The van der Waals surface area contributed by atoms with Crippen molar-refractivity contribution < 1.29 is 14.4 Å². The van der Waals surface area contributed by atoms with E-state index in [1.165, 1.54) is 12.4 Å². The Labute approximate surface area is 139 Å². The predicted molar refractivity (Wildman–Crippen MR) is 91.2 cm³/mol. The van der Waals surface area contributed by atoms with Gasteiger partial charge in [0.25, 0.3) is 0 Å². The second-order valence-corrected chi connectivity index (χ2v) is 8.02. The smallest absolute Gasteiger partial charge is 0.325 e. The molecule has 24 heavy (non-hydrogen) atoms. The Morgan fingerprint density at radius 1 is 1.25 bits per heavy atom. The topological polar surface area (TPSA) is 119 Å². The number of nitrogens with zero attached hydrogens (tertiary/aromatic N) is 3. The van der Waals surface area contributed by atoms with Crippen molar-refractivity contribution in [2.24, 2.45) is 5.92 Å². The van der Waals surface area contributed by atoms with E-state index in [4.69, 9.17) is 9.79 Å². The molecule has 0 bridgehead atoms. The third kappa shape index (κ3) is 4.20. The van der Waals surface area contributed by atoms with Gasteiger partial charge in [-0.2, -0.15) is 0 Å². The monoisotopic (exact) mass is 352 g/mol. The van der Waals surface area contributed by atoms with Crippen LogP contribution in [0.1, 0.15) is 25.7 Å². The van der Waals surface area contributed by atoms with Gasteiger partial charge >= 0.3 is 7.60 Å². The number of aromatic nitrogens is 3. The number of rotatable bonds is 4. The molecule has 0 aromatic carbocycles. The first-order valence-electron chi connectivity index (χ1n) is 8.06. The second-order valence-electron chi connectivity index (χ2n) is 6.24. The Bertz CT molecular complexity index is 818. The summed E-state index contributed by atoms with van der Waals surface area (Å²) in [5.74, 6) is 1.11. The fraction of sp³-hybridized carbons (Fsp3) is 0.533. The maximum Gasteiger partial charge on any atom is 0.325 e. The largest absolute Gasteiger partial charge is 0.356 e. The van der Waals surface area contributed by atoms with E-state index in [0.29, 0.717) is 18.0 Å². The molecule has 1 atom stereocenters. The highest BCUT2D eigenvalue weighted by Crippen LogP contribution is 2.38. The predicted octanol–water partition coefficient (Wildman–Crippen LogP) is 1.49. The summed E-state index contributed by atoms with van der Waals surface area (Å²) in [5, 5.41) is 0.811. The van der Waals surface area contributed by atoms with Crippen molar-refractivity contribution in [3.63, 3.8) is 0 Å². The van der Waals surface area contributed by atoms with Gasteiger partial charge in [0.15, 0.2) is 0 Å². The van der Waals surface area contributed by atoms with Crippen LogP contribution in [0.25, 0.3) is 11.0 Å². The molecule has 8 nitrogen and oxygen atoms in total. The molecule has 2 aromatic rings. The van der Waals surface area contributed by atoms with Crippen molar-refractivity contribution in [2.45, 2.75) is 25.7 Å². The number of anilines is 1. The van der Waals surface area contributed by atoms with Crippen LogP contribution >= 0.6 is 7.60 Å². The quantitative estimate of drug-likeness (QED) is 0.713. The summed E-state index contributed by atoms with van der Waals surface area (Å²) in [6, 6.07) is 3.20. The molecule has 0 amide bonds. The molecule has 1 aliphatic heterocycles. The molecule has 9 heteroatoms. The molecule has 1 saturated heterocycles. The SMILES string of the molecule is O=c1ccc2c(N3CCCC(CCP(=O)(O)O)CC3)ncnc2[nH]1. The molecule has 1 fully saturated rings. The van der Waals surface area contributed by atoms with Gasteiger partial charge in [-0.1, -0.05) is 0 Å². The van der Waals surface area contributed by atoms with Crippen LogP contribution in [0.5, 0.6) is 0 Å².